The van der Waals surface area contributed by atoms with Crippen LogP contribution in [0.5, 0.6) is 0 Å². The van der Waals surface area contributed by atoms with E-state index in [-0.39, 0.29) is 22.0 Å². The first-order valence-corrected chi connectivity index (χ1v) is 6.11. The van der Waals surface area contributed by atoms with Crippen molar-refractivity contribution in [2.45, 2.75) is 0 Å². The molecule has 3 aromatic rings. The van der Waals surface area contributed by atoms with E-state index in [4.69, 9.17) is 16.7 Å². The summed E-state index contributed by atoms with van der Waals surface area (Å²) in [5, 5.41) is 9.39. The Morgan fingerprint density at radius 3 is 2.80 bits per heavy atom. The third kappa shape index (κ3) is 2.02. The van der Waals surface area contributed by atoms with Crippen LogP contribution in [0, 0.1) is 5.82 Å². The summed E-state index contributed by atoms with van der Waals surface area (Å²) in [4.78, 5) is 18.2. The second-order valence-electron chi connectivity index (χ2n) is 4.22. The van der Waals surface area contributed by atoms with Gasteiger partial charge in [0, 0.05) is 5.02 Å². The fourth-order valence-corrected chi connectivity index (χ4v) is 2.17. The highest BCUT2D eigenvalue weighted by Gasteiger charge is 2.15. The molecule has 0 aliphatic rings. The molecule has 0 saturated heterocycles. The van der Waals surface area contributed by atoms with E-state index in [1.54, 1.807) is 18.2 Å². The van der Waals surface area contributed by atoms with Crippen molar-refractivity contribution in [3.8, 4) is 11.4 Å². The topological polar surface area (TPSA) is 66.0 Å². The number of hydrogen-bond acceptors (Lipinski definition) is 2. The van der Waals surface area contributed by atoms with Crippen molar-refractivity contribution >= 4 is 28.6 Å². The molecule has 4 nitrogen and oxygen atoms in total. The van der Waals surface area contributed by atoms with Crippen LogP contribution in [0.25, 0.3) is 22.4 Å². The second-order valence-corrected chi connectivity index (χ2v) is 4.65. The molecule has 0 atom stereocenters. The Morgan fingerprint density at radius 2 is 2.10 bits per heavy atom. The molecule has 0 radical (unpaired) electrons. The normalized spacial score (nSPS) is 10.9. The number of carboxylic acid groups (broad SMARTS) is 1. The number of aromatic carboxylic acids is 1. The van der Waals surface area contributed by atoms with Crippen molar-refractivity contribution in [1.82, 2.24) is 9.97 Å². The Labute approximate surface area is 117 Å². The molecule has 0 aliphatic heterocycles. The molecule has 0 spiro atoms. The van der Waals surface area contributed by atoms with Gasteiger partial charge in [0.15, 0.2) is 0 Å². The Balaban J connectivity index is 2.23. The van der Waals surface area contributed by atoms with Crippen LogP contribution in [0.1, 0.15) is 10.4 Å². The first-order chi connectivity index (χ1) is 9.56. The maximum Gasteiger partial charge on any atom is 0.337 e. The molecule has 0 unspecified atom stereocenters. The van der Waals surface area contributed by atoms with Gasteiger partial charge in [-0.15, -0.1) is 0 Å². The predicted octanol–water partition coefficient (Wildman–Crippen LogP) is 3.72. The Morgan fingerprint density at radius 1 is 1.30 bits per heavy atom. The number of nitrogens with zero attached hydrogens (tertiary/aromatic N) is 1. The zero-order valence-electron chi connectivity index (χ0n) is 10.0. The summed E-state index contributed by atoms with van der Waals surface area (Å²) < 4.78 is 13.9. The molecule has 1 aromatic heterocycles. The molecule has 3 rings (SSSR count). The number of fused-ring (bicyclic) bond motifs is 1. The number of imidazole rings is 1. The third-order valence-corrected chi connectivity index (χ3v) is 3.16. The van der Waals surface area contributed by atoms with E-state index in [1.165, 1.54) is 18.2 Å². The number of nitrogens with one attached hydrogen (secondary N) is 1. The zero-order chi connectivity index (χ0) is 14.3. The number of H-pyrrole nitrogens is 1. The second kappa shape index (κ2) is 4.61. The number of carboxylic acids is 1. The Kier molecular flexibility index (Phi) is 2.91. The maximum absolute atomic E-state index is 13.9. The van der Waals surface area contributed by atoms with Crippen LogP contribution in [-0.2, 0) is 0 Å². The van der Waals surface area contributed by atoms with E-state index < -0.39 is 11.8 Å². The van der Waals surface area contributed by atoms with E-state index in [0.717, 1.165) is 0 Å². The van der Waals surface area contributed by atoms with Crippen LogP contribution in [0.3, 0.4) is 0 Å². The lowest BCUT2D eigenvalue weighted by Crippen LogP contribution is -1.96. The van der Waals surface area contributed by atoms with Crippen molar-refractivity contribution in [2.24, 2.45) is 0 Å². The first kappa shape index (κ1) is 12.6. The summed E-state index contributed by atoms with van der Waals surface area (Å²) in [6, 6.07) is 8.97. The third-order valence-electron chi connectivity index (χ3n) is 2.93. The quantitative estimate of drug-likeness (QED) is 0.756. The van der Waals surface area contributed by atoms with Gasteiger partial charge in [-0.3, -0.25) is 0 Å². The summed E-state index contributed by atoms with van der Waals surface area (Å²) >= 11 is 5.70. The van der Waals surface area contributed by atoms with E-state index in [2.05, 4.69) is 9.97 Å². The van der Waals surface area contributed by atoms with Gasteiger partial charge in [0.25, 0.3) is 0 Å². The van der Waals surface area contributed by atoms with Crippen molar-refractivity contribution < 1.29 is 14.3 Å². The molecule has 2 aromatic carbocycles. The number of halogens is 2. The van der Waals surface area contributed by atoms with Gasteiger partial charge < -0.3 is 10.1 Å². The Bertz CT molecular complexity index is 829. The van der Waals surface area contributed by atoms with Gasteiger partial charge in [-0.05, 0) is 30.3 Å². The van der Waals surface area contributed by atoms with Gasteiger partial charge in [0.1, 0.15) is 17.2 Å². The van der Waals surface area contributed by atoms with E-state index in [9.17, 15) is 9.18 Å². The minimum atomic E-state index is -1.08. The number of rotatable bonds is 2. The molecular formula is C14H8ClFN2O2. The lowest BCUT2D eigenvalue weighted by Gasteiger charge is -1.99. The van der Waals surface area contributed by atoms with Crippen LogP contribution in [-0.4, -0.2) is 21.0 Å². The summed E-state index contributed by atoms with van der Waals surface area (Å²) in [7, 11) is 0. The largest absolute Gasteiger partial charge is 0.478 e. The SMILES string of the molecule is O=C(O)c1cccc2[nH]c(-c3ccc(Cl)cc3F)nc12. The smallest absolute Gasteiger partial charge is 0.337 e. The minimum Gasteiger partial charge on any atom is -0.478 e. The standard InChI is InChI=1S/C14H8ClFN2O2/c15-7-4-5-8(10(16)6-7)13-17-11-3-1-2-9(14(19)20)12(11)18-13/h1-6H,(H,17,18)(H,19,20). The summed E-state index contributed by atoms with van der Waals surface area (Å²) in [5.74, 6) is -1.33. The zero-order valence-corrected chi connectivity index (χ0v) is 10.8. The van der Waals surface area contributed by atoms with Crippen LogP contribution in [0.2, 0.25) is 5.02 Å². The average molecular weight is 291 g/mol. The molecule has 20 heavy (non-hydrogen) atoms. The van der Waals surface area contributed by atoms with Crippen molar-refractivity contribution in [3.63, 3.8) is 0 Å². The van der Waals surface area contributed by atoms with Crippen molar-refractivity contribution in [3.05, 3.63) is 52.8 Å². The number of aromatic amines is 1. The fraction of sp³-hybridized carbons (Fsp3) is 0. The van der Waals surface area contributed by atoms with Crippen molar-refractivity contribution in [2.75, 3.05) is 0 Å². The molecule has 0 fully saturated rings. The molecule has 100 valence electrons. The van der Waals surface area contributed by atoms with E-state index in [0.29, 0.717) is 11.0 Å². The number of carbonyl (C=O) groups is 1. The van der Waals surface area contributed by atoms with E-state index in [1.807, 2.05) is 0 Å². The molecule has 0 saturated carbocycles. The molecule has 0 aliphatic carbocycles. The first-order valence-electron chi connectivity index (χ1n) is 5.73. The van der Waals surface area contributed by atoms with Crippen LogP contribution in [0.15, 0.2) is 36.4 Å². The van der Waals surface area contributed by atoms with Gasteiger partial charge in [0.2, 0.25) is 0 Å². The lowest BCUT2D eigenvalue weighted by atomic mass is 10.2. The van der Waals surface area contributed by atoms with Gasteiger partial charge in [-0.2, -0.15) is 0 Å². The molecule has 0 amide bonds. The fourth-order valence-electron chi connectivity index (χ4n) is 2.01. The molecular weight excluding hydrogens is 283 g/mol. The maximum atomic E-state index is 13.9. The van der Waals surface area contributed by atoms with Crippen LogP contribution >= 0.6 is 11.6 Å². The average Bonchev–Trinajstić information content (AvgIpc) is 2.81. The lowest BCUT2D eigenvalue weighted by molar-refractivity contribution is 0.0699. The van der Waals surface area contributed by atoms with Crippen LogP contribution < -0.4 is 0 Å². The van der Waals surface area contributed by atoms with Gasteiger partial charge in [-0.1, -0.05) is 17.7 Å². The monoisotopic (exact) mass is 290 g/mol. The highest BCUT2D eigenvalue weighted by Crippen LogP contribution is 2.26. The van der Waals surface area contributed by atoms with Gasteiger partial charge in [0.05, 0.1) is 16.6 Å². The van der Waals surface area contributed by atoms with Gasteiger partial charge >= 0.3 is 5.97 Å². The number of para-hydroxylation sites is 1. The summed E-state index contributed by atoms with van der Waals surface area (Å²) in [5.41, 5.74) is 1.14. The number of aromatic nitrogens is 2. The molecule has 6 heteroatoms. The predicted molar refractivity (Wildman–Crippen MR) is 73.5 cm³/mol. The van der Waals surface area contributed by atoms with E-state index >= 15 is 0 Å². The highest BCUT2D eigenvalue weighted by molar-refractivity contribution is 6.30. The number of hydrogen-bond donors (Lipinski definition) is 2. The minimum absolute atomic E-state index is 0.0689. The Hall–Kier alpha value is -2.40. The van der Waals surface area contributed by atoms with Crippen LogP contribution in [0.4, 0.5) is 4.39 Å². The highest BCUT2D eigenvalue weighted by atomic mass is 35.5. The van der Waals surface area contributed by atoms with Gasteiger partial charge in [-0.25, -0.2) is 14.2 Å². The molecule has 2 N–H and O–H groups in total. The van der Waals surface area contributed by atoms with Crippen molar-refractivity contribution in [1.29, 1.82) is 0 Å². The summed E-state index contributed by atoms with van der Waals surface area (Å²) in [6.07, 6.45) is 0. The number of benzene rings is 2. The molecule has 1 heterocycles. The molecule has 0 bridgehead atoms. The summed E-state index contributed by atoms with van der Waals surface area (Å²) in [6.45, 7) is 0.